The van der Waals surface area contributed by atoms with Gasteiger partial charge in [-0.3, -0.25) is 14.6 Å². The van der Waals surface area contributed by atoms with Gasteiger partial charge in [-0.05, 0) is 30.7 Å². The summed E-state index contributed by atoms with van der Waals surface area (Å²) < 4.78 is 4.17. The van der Waals surface area contributed by atoms with Crippen LogP contribution in [0.2, 0.25) is 0 Å². The number of carboxylic acid groups (broad SMARTS) is 1. The van der Waals surface area contributed by atoms with Gasteiger partial charge in [-0.25, -0.2) is 0 Å². The van der Waals surface area contributed by atoms with Gasteiger partial charge in [-0.15, -0.1) is 0 Å². The average molecular weight is 265 g/mol. The number of pyridine rings is 1. The van der Waals surface area contributed by atoms with Crippen molar-refractivity contribution in [3.05, 3.63) is 49.0 Å². The summed E-state index contributed by atoms with van der Waals surface area (Å²) >= 11 is 0. The molecule has 0 unspecified atom stereocenters. The number of carboxylic acids is 1. The summed E-state index contributed by atoms with van der Waals surface area (Å²) in [6.45, 7) is 11.2. The minimum atomic E-state index is -0.833. The smallest absolute Gasteiger partial charge is 0.307 e. The van der Waals surface area contributed by atoms with Gasteiger partial charge in [0.15, 0.2) is 0 Å². The van der Waals surface area contributed by atoms with Crippen LogP contribution in [0.3, 0.4) is 0 Å². The van der Waals surface area contributed by atoms with Gasteiger partial charge in [0.25, 0.3) is 5.97 Å². The van der Waals surface area contributed by atoms with Crippen molar-refractivity contribution in [2.75, 3.05) is 0 Å². The summed E-state index contributed by atoms with van der Waals surface area (Å²) in [6.07, 6.45) is 4.63. The normalized spacial score (nSPS) is 7.74. The lowest BCUT2D eigenvalue weighted by molar-refractivity contribution is -0.136. The number of carbonyl (C=O) groups is 2. The number of ether oxygens (including phenoxy) is 1. The van der Waals surface area contributed by atoms with E-state index >= 15 is 0 Å². The second-order valence-electron chi connectivity index (χ2n) is 3.26. The molecule has 0 aromatic carbocycles. The summed E-state index contributed by atoms with van der Waals surface area (Å²) in [5.74, 6) is -1.16. The van der Waals surface area contributed by atoms with Gasteiger partial charge in [-0.2, -0.15) is 0 Å². The number of carbonyl (C=O) groups excluding carboxylic acids is 1. The van der Waals surface area contributed by atoms with E-state index < -0.39 is 5.97 Å². The molecule has 1 aromatic rings. The molecule has 1 N–H and O–H groups in total. The number of aryl methyl sites for hydroxylation is 1. The summed E-state index contributed by atoms with van der Waals surface area (Å²) in [4.78, 5) is 22.8. The van der Waals surface area contributed by atoms with E-state index in [2.05, 4.69) is 22.9 Å². The third-order valence-corrected chi connectivity index (χ3v) is 1.40. The minimum Gasteiger partial charge on any atom is -0.481 e. The largest absolute Gasteiger partial charge is 0.481 e. The molecule has 5 heteroatoms. The molecule has 104 valence electrons. The fourth-order valence-electron chi connectivity index (χ4n) is 0.789. The quantitative estimate of drug-likeness (QED) is 0.657. The number of aliphatic carboxylic acids is 1. The van der Waals surface area contributed by atoms with Crippen molar-refractivity contribution >= 4 is 18.0 Å². The van der Waals surface area contributed by atoms with Gasteiger partial charge >= 0.3 is 5.97 Å². The number of esters is 1. The van der Waals surface area contributed by atoms with Crippen molar-refractivity contribution in [2.45, 2.75) is 20.8 Å². The Hall–Kier alpha value is -2.43. The van der Waals surface area contributed by atoms with Crippen LogP contribution >= 0.6 is 0 Å². The van der Waals surface area contributed by atoms with Crippen molar-refractivity contribution in [3.63, 3.8) is 0 Å². The lowest BCUT2D eigenvalue weighted by atomic mass is 10.2. The molecule has 19 heavy (non-hydrogen) atoms. The molecule has 1 rings (SSSR count). The standard InChI is InChI=1S/C8H9N.C4H6O2.C2H4O2/c1-3-8-6-7(2)4-5-9-8;1-3-6-4(2)5;1-2(3)4/h3-6H,1H2,2H3;3H,1H2,2H3;1H3,(H,3,4). The zero-order valence-corrected chi connectivity index (χ0v) is 11.4. The number of hydrogen-bond acceptors (Lipinski definition) is 4. The van der Waals surface area contributed by atoms with Crippen LogP contribution in [-0.2, 0) is 14.3 Å². The average Bonchev–Trinajstić information content (AvgIpc) is 2.28. The molecular weight excluding hydrogens is 246 g/mol. The molecular formula is C14H19NO4. The highest BCUT2D eigenvalue weighted by atomic mass is 16.5. The lowest BCUT2D eigenvalue weighted by Gasteiger charge is -1.91. The van der Waals surface area contributed by atoms with E-state index in [4.69, 9.17) is 9.90 Å². The number of hydrogen-bond donors (Lipinski definition) is 1. The van der Waals surface area contributed by atoms with Gasteiger partial charge in [0.2, 0.25) is 0 Å². The van der Waals surface area contributed by atoms with Gasteiger partial charge < -0.3 is 9.84 Å². The molecule has 0 saturated heterocycles. The molecule has 5 nitrogen and oxygen atoms in total. The fourth-order valence-corrected chi connectivity index (χ4v) is 0.789. The van der Waals surface area contributed by atoms with Gasteiger partial charge in [0.1, 0.15) is 0 Å². The maximum absolute atomic E-state index is 9.75. The summed E-state index contributed by atoms with van der Waals surface area (Å²) in [5, 5.41) is 7.42. The van der Waals surface area contributed by atoms with Crippen LogP contribution in [0.15, 0.2) is 37.7 Å². The highest BCUT2D eigenvalue weighted by Crippen LogP contribution is 1.99. The van der Waals surface area contributed by atoms with Crippen LogP contribution in [0.25, 0.3) is 6.08 Å². The molecule has 0 aliphatic heterocycles. The molecule has 0 bridgehead atoms. The highest BCUT2D eigenvalue weighted by molar-refractivity contribution is 5.66. The van der Waals surface area contributed by atoms with Crippen LogP contribution in [0, 0.1) is 6.92 Å². The SMILES string of the molecule is C=COC(C)=O.C=Cc1cc(C)ccn1.CC(=O)O. The molecule has 0 amide bonds. The first-order valence-corrected chi connectivity index (χ1v) is 5.36. The first-order chi connectivity index (χ1) is 8.83. The molecule has 0 aliphatic rings. The van der Waals surface area contributed by atoms with Crippen molar-refractivity contribution in [2.24, 2.45) is 0 Å². The molecule has 0 radical (unpaired) electrons. The van der Waals surface area contributed by atoms with Gasteiger partial charge in [-0.1, -0.05) is 13.2 Å². The van der Waals surface area contributed by atoms with Gasteiger partial charge in [0, 0.05) is 20.0 Å². The maximum atomic E-state index is 9.75. The summed E-state index contributed by atoms with van der Waals surface area (Å²) in [6, 6.07) is 3.96. The second kappa shape index (κ2) is 12.0. The summed E-state index contributed by atoms with van der Waals surface area (Å²) in [5.41, 5.74) is 2.16. The van der Waals surface area contributed by atoms with E-state index in [0.29, 0.717) is 0 Å². The highest BCUT2D eigenvalue weighted by Gasteiger charge is 1.84. The fraction of sp³-hybridized carbons (Fsp3) is 0.214. The molecule has 0 fully saturated rings. The van der Waals surface area contributed by atoms with E-state index in [9.17, 15) is 4.79 Å². The van der Waals surface area contributed by atoms with Crippen LogP contribution in [0.4, 0.5) is 0 Å². The van der Waals surface area contributed by atoms with Crippen molar-refractivity contribution in [3.8, 4) is 0 Å². The monoisotopic (exact) mass is 265 g/mol. The predicted molar refractivity (Wildman–Crippen MR) is 74.3 cm³/mol. The first kappa shape index (κ1) is 18.9. The molecule has 0 saturated carbocycles. The van der Waals surface area contributed by atoms with Crippen molar-refractivity contribution < 1.29 is 19.4 Å². The van der Waals surface area contributed by atoms with E-state index in [0.717, 1.165) is 18.9 Å². The second-order valence-corrected chi connectivity index (χ2v) is 3.26. The Morgan fingerprint density at radius 1 is 1.37 bits per heavy atom. The minimum absolute atomic E-state index is 0.329. The number of rotatable bonds is 2. The van der Waals surface area contributed by atoms with Gasteiger partial charge in [0.05, 0.1) is 12.0 Å². The number of aromatic nitrogens is 1. The molecule has 1 aromatic heterocycles. The maximum Gasteiger partial charge on any atom is 0.307 e. The molecule has 0 atom stereocenters. The Labute approximate surface area is 113 Å². The zero-order chi connectivity index (χ0) is 15.3. The first-order valence-electron chi connectivity index (χ1n) is 5.36. The third kappa shape index (κ3) is 18.1. The van der Waals surface area contributed by atoms with Crippen molar-refractivity contribution in [1.82, 2.24) is 4.98 Å². The predicted octanol–water partition coefficient (Wildman–Crippen LogP) is 2.82. The Bertz CT molecular complexity index is 423. The van der Waals surface area contributed by atoms with E-state index in [1.54, 1.807) is 12.3 Å². The van der Waals surface area contributed by atoms with E-state index in [1.165, 1.54) is 12.5 Å². The van der Waals surface area contributed by atoms with Crippen molar-refractivity contribution in [1.29, 1.82) is 0 Å². The Morgan fingerprint density at radius 2 is 1.89 bits per heavy atom. The Balaban J connectivity index is 0. The summed E-state index contributed by atoms with van der Waals surface area (Å²) in [7, 11) is 0. The van der Waals surface area contributed by atoms with Crippen LogP contribution in [0.1, 0.15) is 25.1 Å². The molecule has 1 heterocycles. The van der Waals surface area contributed by atoms with E-state index in [1.807, 2.05) is 19.1 Å². The third-order valence-electron chi connectivity index (χ3n) is 1.40. The van der Waals surface area contributed by atoms with Crippen LogP contribution in [0.5, 0.6) is 0 Å². The molecule has 0 aliphatic carbocycles. The van der Waals surface area contributed by atoms with Crippen LogP contribution in [-0.4, -0.2) is 22.0 Å². The topological polar surface area (TPSA) is 76.5 Å². The number of nitrogens with zero attached hydrogens (tertiary/aromatic N) is 1. The van der Waals surface area contributed by atoms with Crippen LogP contribution < -0.4 is 0 Å². The molecule has 0 spiro atoms. The Kier molecular flexibility index (Phi) is 12.0. The lowest BCUT2D eigenvalue weighted by Crippen LogP contribution is -1.87. The Morgan fingerprint density at radius 3 is 2.11 bits per heavy atom. The zero-order valence-electron chi connectivity index (χ0n) is 11.4. The van der Waals surface area contributed by atoms with E-state index in [-0.39, 0.29) is 5.97 Å².